The minimum Gasteiger partial charge on any atom is -0.376 e. The van der Waals surface area contributed by atoms with Gasteiger partial charge in [0.05, 0.1) is 28.6 Å². The smallest absolute Gasteiger partial charge is 0.243 e. The van der Waals surface area contributed by atoms with E-state index in [1.165, 1.54) is 11.1 Å². The maximum absolute atomic E-state index is 13.4. The van der Waals surface area contributed by atoms with Gasteiger partial charge in [0, 0.05) is 25.4 Å². The molecule has 5 rings (SSSR count). The molecule has 0 unspecified atom stereocenters. The molecule has 0 aliphatic carbocycles. The Morgan fingerprint density at radius 2 is 2.03 bits per heavy atom. The van der Waals surface area contributed by atoms with Gasteiger partial charge in [0.15, 0.2) is 5.16 Å². The van der Waals surface area contributed by atoms with Gasteiger partial charge >= 0.3 is 0 Å². The van der Waals surface area contributed by atoms with Crippen LogP contribution in [0.4, 0.5) is 0 Å². The first kappa shape index (κ1) is 23.9. The average Bonchev–Trinajstić information content (AvgIpc) is 3.46. The second-order valence-corrected chi connectivity index (χ2v) is 12.6. The monoisotopic (exact) mass is 499 g/mol. The number of sulfonamides is 1. The first-order valence-corrected chi connectivity index (χ1v) is 14.6. The molecule has 0 amide bonds. The van der Waals surface area contributed by atoms with Gasteiger partial charge in [-0.25, -0.2) is 13.4 Å². The van der Waals surface area contributed by atoms with Crippen LogP contribution in [-0.2, 0) is 27.1 Å². The summed E-state index contributed by atoms with van der Waals surface area (Å²) in [6.45, 7) is 6.95. The topological polar surface area (TPSA) is 64.4 Å². The number of hydrogen-bond donors (Lipinski definition) is 0. The van der Waals surface area contributed by atoms with Crippen LogP contribution in [0.15, 0.2) is 52.5 Å². The van der Waals surface area contributed by atoms with E-state index in [9.17, 15) is 8.42 Å². The molecule has 2 fully saturated rings. The molecular formula is C26H33N3O3S2. The minimum atomic E-state index is -3.52. The zero-order valence-electron chi connectivity index (χ0n) is 19.9. The Kier molecular flexibility index (Phi) is 7.02. The number of aromatic nitrogens is 2. The van der Waals surface area contributed by atoms with Crippen molar-refractivity contribution < 1.29 is 13.2 Å². The predicted molar refractivity (Wildman–Crippen MR) is 137 cm³/mol. The first-order valence-electron chi connectivity index (χ1n) is 12.2. The second kappa shape index (κ2) is 10.0. The molecule has 3 heterocycles. The maximum Gasteiger partial charge on any atom is 0.243 e. The van der Waals surface area contributed by atoms with Crippen molar-refractivity contribution in [2.75, 3.05) is 19.7 Å². The minimum absolute atomic E-state index is 0.175. The van der Waals surface area contributed by atoms with Crippen LogP contribution in [0.1, 0.15) is 43.7 Å². The van der Waals surface area contributed by atoms with Gasteiger partial charge in [-0.1, -0.05) is 48.5 Å². The van der Waals surface area contributed by atoms with Crippen LogP contribution in [0, 0.1) is 12.8 Å². The summed E-state index contributed by atoms with van der Waals surface area (Å²) < 4.78 is 36.5. The molecule has 0 saturated carbocycles. The fourth-order valence-corrected chi connectivity index (χ4v) is 7.58. The second-order valence-electron chi connectivity index (χ2n) is 9.68. The largest absolute Gasteiger partial charge is 0.376 e. The van der Waals surface area contributed by atoms with Crippen molar-refractivity contribution in [3.63, 3.8) is 0 Å². The molecule has 8 heteroatoms. The van der Waals surface area contributed by atoms with E-state index in [1.807, 2.05) is 6.07 Å². The number of piperidine rings is 1. The van der Waals surface area contributed by atoms with E-state index < -0.39 is 10.0 Å². The maximum atomic E-state index is 13.4. The van der Waals surface area contributed by atoms with Gasteiger partial charge in [-0.2, -0.15) is 4.31 Å². The van der Waals surface area contributed by atoms with Crippen molar-refractivity contribution in [2.24, 2.45) is 5.92 Å². The summed E-state index contributed by atoms with van der Waals surface area (Å²) in [6, 6.07) is 14.0. The number of imidazole rings is 1. The molecule has 2 aliphatic rings. The highest BCUT2D eigenvalue weighted by molar-refractivity contribution is 7.98. The van der Waals surface area contributed by atoms with Crippen molar-refractivity contribution >= 4 is 32.8 Å². The molecule has 2 aliphatic heterocycles. The van der Waals surface area contributed by atoms with E-state index in [0.717, 1.165) is 60.8 Å². The standard InChI is InChI=1S/C26H33N3O3S2/c1-19-6-3-8-21(14-19)18-33-26-27-24-15-23(34(30,31)28-12-4-7-20(2)16-28)10-11-25(24)29(26)17-22-9-5-13-32-22/h3,6,8,10-11,14-15,20,22H,4-5,7,9,12-13,16-18H2,1-2H3/t20-,22+/m1/s1. The molecule has 182 valence electrons. The van der Waals surface area contributed by atoms with Gasteiger partial charge in [-0.05, 0) is 62.3 Å². The van der Waals surface area contributed by atoms with E-state index in [-0.39, 0.29) is 6.10 Å². The summed E-state index contributed by atoms with van der Waals surface area (Å²) in [6.07, 6.45) is 4.30. The molecular weight excluding hydrogens is 466 g/mol. The lowest BCUT2D eigenvalue weighted by Gasteiger charge is -2.30. The molecule has 0 spiro atoms. The number of thioether (sulfide) groups is 1. The lowest BCUT2D eigenvalue weighted by molar-refractivity contribution is 0.0960. The molecule has 2 aromatic carbocycles. The fraction of sp³-hybridized carbons (Fsp3) is 0.500. The highest BCUT2D eigenvalue weighted by Gasteiger charge is 2.29. The third kappa shape index (κ3) is 5.05. The van der Waals surface area contributed by atoms with Gasteiger partial charge in [0.25, 0.3) is 0 Å². The van der Waals surface area contributed by atoms with Gasteiger partial charge in [0.2, 0.25) is 10.0 Å². The van der Waals surface area contributed by atoms with E-state index in [4.69, 9.17) is 9.72 Å². The van der Waals surface area contributed by atoms with Crippen LogP contribution in [0.5, 0.6) is 0 Å². The van der Waals surface area contributed by atoms with Crippen LogP contribution in [-0.4, -0.2) is 48.1 Å². The van der Waals surface area contributed by atoms with Gasteiger partial charge in [-0.3, -0.25) is 0 Å². The summed E-state index contributed by atoms with van der Waals surface area (Å²) >= 11 is 1.70. The summed E-state index contributed by atoms with van der Waals surface area (Å²) in [4.78, 5) is 5.25. The first-order chi connectivity index (χ1) is 16.4. The third-order valence-corrected chi connectivity index (χ3v) is 9.71. The fourth-order valence-electron chi connectivity index (χ4n) is 4.99. The van der Waals surface area contributed by atoms with Crippen molar-refractivity contribution in [1.82, 2.24) is 13.9 Å². The van der Waals surface area contributed by atoms with Gasteiger partial charge in [0.1, 0.15) is 0 Å². The van der Waals surface area contributed by atoms with E-state index >= 15 is 0 Å². The lowest BCUT2D eigenvalue weighted by atomic mass is 10.0. The summed E-state index contributed by atoms with van der Waals surface area (Å²) in [5.74, 6) is 1.20. The number of hydrogen-bond acceptors (Lipinski definition) is 5. The number of ether oxygens (including phenoxy) is 1. The number of fused-ring (bicyclic) bond motifs is 1. The number of aryl methyl sites for hydroxylation is 1. The Morgan fingerprint density at radius 1 is 1.15 bits per heavy atom. The summed E-state index contributed by atoms with van der Waals surface area (Å²) in [5.41, 5.74) is 4.19. The summed E-state index contributed by atoms with van der Waals surface area (Å²) in [7, 11) is -3.52. The van der Waals surface area contributed by atoms with Gasteiger partial charge < -0.3 is 9.30 Å². The Balaban J connectivity index is 1.47. The predicted octanol–water partition coefficient (Wildman–Crippen LogP) is 5.24. The zero-order valence-corrected chi connectivity index (χ0v) is 21.6. The van der Waals surface area contributed by atoms with Crippen LogP contribution < -0.4 is 0 Å². The van der Waals surface area contributed by atoms with E-state index in [0.29, 0.717) is 23.9 Å². The molecule has 0 radical (unpaired) electrons. The van der Waals surface area contributed by atoms with Crippen molar-refractivity contribution in [2.45, 2.75) is 68.0 Å². The Morgan fingerprint density at radius 3 is 2.79 bits per heavy atom. The lowest BCUT2D eigenvalue weighted by Crippen LogP contribution is -2.39. The molecule has 6 nitrogen and oxygen atoms in total. The average molecular weight is 500 g/mol. The van der Waals surface area contributed by atoms with Crippen molar-refractivity contribution in [3.05, 3.63) is 53.6 Å². The Hall–Kier alpha value is -1.87. The Bertz CT molecular complexity index is 1270. The van der Waals surface area contributed by atoms with Crippen LogP contribution in [0.2, 0.25) is 0 Å². The van der Waals surface area contributed by atoms with Crippen molar-refractivity contribution in [3.8, 4) is 0 Å². The van der Waals surface area contributed by atoms with Crippen LogP contribution >= 0.6 is 11.8 Å². The highest BCUT2D eigenvalue weighted by Crippen LogP contribution is 2.31. The highest BCUT2D eigenvalue weighted by atomic mass is 32.2. The third-order valence-electron chi connectivity index (χ3n) is 6.80. The van der Waals surface area contributed by atoms with Crippen LogP contribution in [0.25, 0.3) is 11.0 Å². The number of nitrogens with zero attached hydrogens (tertiary/aromatic N) is 3. The van der Waals surface area contributed by atoms with E-state index in [1.54, 1.807) is 28.2 Å². The molecule has 2 atom stereocenters. The molecule has 34 heavy (non-hydrogen) atoms. The van der Waals surface area contributed by atoms with E-state index in [2.05, 4.69) is 42.7 Å². The van der Waals surface area contributed by atoms with Gasteiger partial charge in [-0.15, -0.1) is 0 Å². The molecule has 1 aromatic heterocycles. The number of rotatable bonds is 7. The molecule has 0 N–H and O–H groups in total. The molecule has 0 bridgehead atoms. The number of benzene rings is 2. The zero-order chi connectivity index (χ0) is 23.7. The normalized spacial score (nSPS) is 21.9. The SMILES string of the molecule is Cc1cccc(CSc2nc3cc(S(=O)(=O)N4CCC[C@@H](C)C4)ccc3n2C[C@@H]2CCCO2)c1. The quantitative estimate of drug-likeness (QED) is 0.416. The van der Waals surface area contributed by atoms with Crippen LogP contribution in [0.3, 0.4) is 0 Å². The van der Waals surface area contributed by atoms with Crippen molar-refractivity contribution in [1.29, 1.82) is 0 Å². The summed E-state index contributed by atoms with van der Waals surface area (Å²) in [5, 5.41) is 0.910. The Labute approximate surface area is 206 Å². The molecule has 2 saturated heterocycles. The molecule has 3 aromatic rings.